The Hall–Kier alpha value is -1.56. The van der Waals surface area contributed by atoms with E-state index in [1.54, 1.807) is 0 Å². The van der Waals surface area contributed by atoms with E-state index in [-0.39, 0.29) is 0 Å². The van der Waals surface area contributed by atoms with Crippen molar-refractivity contribution in [2.45, 2.75) is 60.0 Å². The van der Waals surface area contributed by atoms with E-state index in [4.69, 9.17) is 4.99 Å². The highest BCUT2D eigenvalue weighted by Gasteiger charge is 2.31. The molecule has 0 spiro atoms. The molecule has 0 radical (unpaired) electrons. The molecule has 2 rings (SSSR count). The summed E-state index contributed by atoms with van der Waals surface area (Å²) in [6.07, 6.45) is 0.931. The molecule has 0 amide bonds. The minimum absolute atomic E-state index is 0.460. The number of nitrogens with zero attached hydrogens (tertiary/aromatic N) is 4. The van der Waals surface area contributed by atoms with Crippen molar-refractivity contribution in [3.63, 3.8) is 0 Å². The van der Waals surface area contributed by atoms with Gasteiger partial charge in [-0.1, -0.05) is 6.92 Å². The maximum absolute atomic E-state index is 4.81. The van der Waals surface area contributed by atoms with Gasteiger partial charge in [-0.2, -0.15) is 5.10 Å². The molecule has 1 aromatic heterocycles. The zero-order valence-electron chi connectivity index (χ0n) is 17.1. The van der Waals surface area contributed by atoms with E-state index in [9.17, 15) is 0 Å². The Kier molecular flexibility index (Phi) is 6.87. The van der Waals surface area contributed by atoms with Crippen molar-refractivity contribution >= 4 is 5.96 Å². The Morgan fingerprint density at radius 1 is 1.32 bits per heavy atom. The summed E-state index contributed by atoms with van der Waals surface area (Å²) < 4.78 is 1.96. The highest BCUT2D eigenvalue weighted by atomic mass is 15.3. The third kappa shape index (κ3) is 4.97. The van der Waals surface area contributed by atoms with Crippen LogP contribution in [0.4, 0.5) is 0 Å². The molecule has 1 aromatic rings. The van der Waals surface area contributed by atoms with Gasteiger partial charge in [0.15, 0.2) is 5.96 Å². The zero-order chi connectivity index (χ0) is 18.6. The Morgan fingerprint density at radius 2 is 2.04 bits per heavy atom. The second-order valence-corrected chi connectivity index (χ2v) is 7.56. The minimum atomic E-state index is 0.460. The molecule has 6 heteroatoms. The van der Waals surface area contributed by atoms with Crippen molar-refractivity contribution in [2.75, 3.05) is 26.2 Å². The second kappa shape index (κ2) is 8.70. The van der Waals surface area contributed by atoms with E-state index < -0.39 is 0 Å². The fourth-order valence-corrected chi connectivity index (χ4v) is 3.57. The number of likely N-dealkylation sites (tertiary alicyclic amines) is 1. The summed E-state index contributed by atoms with van der Waals surface area (Å²) in [5.74, 6) is 1.57. The van der Waals surface area contributed by atoms with Crippen LogP contribution in [0.15, 0.2) is 4.99 Å². The predicted molar refractivity (Wildman–Crippen MR) is 105 cm³/mol. The van der Waals surface area contributed by atoms with Crippen LogP contribution in [0.25, 0.3) is 0 Å². The molecule has 25 heavy (non-hydrogen) atoms. The third-order valence-electron chi connectivity index (χ3n) is 5.33. The smallest absolute Gasteiger partial charge is 0.191 e. The topological polar surface area (TPSA) is 57.5 Å². The maximum atomic E-state index is 4.81. The lowest BCUT2D eigenvalue weighted by atomic mass is 10.1. The van der Waals surface area contributed by atoms with Crippen LogP contribution in [0.1, 0.15) is 44.6 Å². The number of aliphatic imine (C=N–C) groups is 1. The van der Waals surface area contributed by atoms with Crippen molar-refractivity contribution in [1.29, 1.82) is 0 Å². The van der Waals surface area contributed by atoms with Gasteiger partial charge in [0.05, 0.1) is 5.69 Å². The molecule has 2 atom stereocenters. The summed E-state index contributed by atoms with van der Waals surface area (Å²) in [6.45, 7) is 17.1. The SMILES string of the molecule is CCNC(=NCCc1c(C)nn(C)c1C)NC1CN(C(C)C)CC1C. The number of hydrogen-bond acceptors (Lipinski definition) is 3. The molecule has 2 unspecified atom stereocenters. The van der Waals surface area contributed by atoms with Gasteiger partial charge in [0.1, 0.15) is 0 Å². The summed E-state index contributed by atoms with van der Waals surface area (Å²) in [5.41, 5.74) is 3.68. The van der Waals surface area contributed by atoms with Gasteiger partial charge in [-0.05, 0) is 52.5 Å². The summed E-state index contributed by atoms with van der Waals surface area (Å²) in [4.78, 5) is 7.34. The monoisotopic (exact) mass is 348 g/mol. The number of aryl methyl sites for hydroxylation is 2. The van der Waals surface area contributed by atoms with Crippen LogP contribution in [-0.4, -0.2) is 58.9 Å². The van der Waals surface area contributed by atoms with E-state index in [2.05, 4.69) is 62.2 Å². The lowest BCUT2D eigenvalue weighted by molar-refractivity contribution is 0.265. The largest absolute Gasteiger partial charge is 0.357 e. The van der Waals surface area contributed by atoms with Gasteiger partial charge >= 0.3 is 0 Å². The number of rotatable bonds is 6. The van der Waals surface area contributed by atoms with Gasteiger partial charge in [0.25, 0.3) is 0 Å². The average Bonchev–Trinajstić information content (AvgIpc) is 3.02. The first kappa shape index (κ1) is 19.8. The lowest BCUT2D eigenvalue weighted by Crippen LogP contribution is -2.47. The van der Waals surface area contributed by atoms with E-state index in [1.807, 2.05) is 11.7 Å². The zero-order valence-corrected chi connectivity index (χ0v) is 17.1. The van der Waals surface area contributed by atoms with Gasteiger partial charge in [0, 0.05) is 51.0 Å². The Labute approximate surface area is 153 Å². The van der Waals surface area contributed by atoms with Crippen molar-refractivity contribution in [2.24, 2.45) is 18.0 Å². The van der Waals surface area contributed by atoms with E-state index in [1.165, 1.54) is 11.3 Å². The summed E-state index contributed by atoms with van der Waals surface area (Å²) in [7, 11) is 2.00. The van der Waals surface area contributed by atoms with Crippen molar-refractivity contribution < 1.29 is 0 Å². The molecule has 1 aliphatic rings. The molecule has 1 fully saturated rings. The van der Waals surface area contributed by atoms with Gasteiger partial charge < -0.3 is 10.6 Å². The molecule has 2 N–H and O–H groups in total. The van der Waals surface area contributed by atoms with Crippen LogP contribution in [0, 0.1) is 19.8 Å². The van der Waals surface area contributed by atoms with E-state index >= 15 is 0 Å². The third-order valence-corrected chi connectivity index (χ3v) is 5.33. The standard InChI is InChI=1S/C19H36N6/c1-8-20-19(22-18-12-25(13(2)3)11-14(18)4)21-10-9-17-15(5)23-24(7)16(17)6/h13-14,18H,8-12H2,1-7H3,(H2,20,21,22). The van der Waals surface area contributed by atoms with Gasteiger partial charge in [-0.3, -0.25) is 14.6 Å². The van der Waals surface area contributed by atoms with Crippen LogP contribution < -0.4 is 10.6 Å². The molecule has 6 nitrogen and oxygen atoms in total. The fourth-order valence-electron chi connectivity index (χ4n) is 3.57. The maximum Gasteiger partial charge on any atom is 0.191 e. The Bertz CT molecular complexity index is 589. The van der Waals surface area contributed by atoms with Crippen LogP contribution in [0.5, 0.6) is 0 Å². The minimum Gasteiger partial charge on any atom is -0.357 e. The van der Waals surface area contributed by atoms with Crippen molar-refractivity contribution in [1.82, 2.24) is 25.3 Å². The predicted octanol–water partition coefficient (Wildman–Crippen LogP) is 1.86. The molecular weight excluding hydrogens is 312 g/mol. The molecule has 142 valence electrons. The number of nitrogens with one attached hydrogen (secondary N) is 2. The summed E-state index contributed by atoms with van der Waals surface area (Å²) in [6, 6.07) is 1.06. The first-order chi connectivity index (χ1) is 11.8. The number of guanidine groups is 1. The molecule has 1 saturated heterocycles. The Morgan fingerprint density at radius 3 is 2.56 bits per heavy atom. The van der Waals surface area contributed by atoms with E-state index in [0.717, 1.165) is 44.3 Å². The molecule has 0 saturated carbocycles. The van der Waals surface area contributed by atoms with Gasteiger partial charge in [-0.15, -0.1) is 0 Å². The Balaban J connectivity index is 1.96. The number of aromatic nitrogens is 2. The summed E-state index contributed by atoms with van der Waals surface area (Å²) >= 11 is 0. The molecule has 0 aliphatic carbocycles. The second-order valence-electron chi connectivity index (χ2n) is 7.56. The lowest BCUT2D eigenvalue weighted by Gasteiger charge is -2.22. The highest BCUT2D eigenvalue weighted by Crippen LogP contribution is 2.18. The molecule has 1 aliphatic heterocycles. The van der Waals surface area contributed by atoms with E-state index in [0.29, 0.717) is 18.0 Å². The first-order valence-electron chi connectivity index (χ1n) is 9.61. The molecule has 2 heterocycles. The van der Waals surface area contributed by atoms with Crippen LogP contribution in [0.2, 0.25) is 0 Å². The fraction of sp³-hybridized carbons (Fsp3) is 0.789. The molecule has 0 bridgehead atoms. The molecular formula is C19H36N6. The highest BCUT2D eigenvalue weighted by molar-refractivity contribution is 5.80. The van der Waals surface area contributed by atoms with Crippen LogP contribution >= 0.6 is 0 Å². The van der Waals surface area contributed by atoms with Gasteiger partial charge in [0.2, 0.25) is 0 Å². The average molecular weight is 349 g/mol. The van der Waals surface area contributed by atoms with Crippen molar-refractivity contribution in [3.05, 3.63) is 17.0 Å². The summed E-state index contributed by atoms with van der Waals surface area (Å²) in [5, 5.41) is 11.5. The first-order valence-corrected chi connectivity index (χ1v) is 9.61. The van der Waals surface area contributed by atoms with Crippen molar-refractivity contribution in [3.8, 4) is 0 Å². The quantitative estimate of drug-likeness (QED) is 0.609. The number of hydrogen-bond donors (Lipinski definition) is 2. The van der Waals surface area contributed by atoms with Crippen LogP contribution in [0.3, 0.4) is 0 Å². The van der Waals surface area contributed by atoms with Gasteiger partial charge in [-0.25, -0.2) is 0 Å². The normalized spacial score (nSPS) is 22.0. The molecule has 0 aromatic carbocycles. The van der Waals surface area contributed by atoms with Crippen LogP contribution in [-0.2, 0) is 13.5 Å².